The molecule has 0 unspecified atom stereocenters. The molecule has 0 aliphatic heterocycles. The van der Waals surface area contributed by atoms with Gasteiger partial charge in [-0.05, 0) is 214 Å². The molecule has 0 aliphatic rings. The molecular formula is C110H109Cl5N6O21S5. The number of halogens is 5. The first kappa shape index (κ1) is 112. The third-order valence-corrected chi connectivity index (χ3v) is 32.2. The van der Waals surface area contributed by atoms with Crippen LogP contribution in [0.5, 0.6) is 28.7 Å². The van der Waals surface area contributed by atoms with Crippen molar-refractivity contribution in [2.75, 3.05) is 55.7 Å². The molecule has 0 atom stereocenters. The minimum absolute atomic E-state index is 0.0170. The molecular weight excluding hydrogens is 2080 g/mol. The van der Waals surface area contributed by atoms with Crippen LogP contribution in [0.1, 0.15) is 135 Å². The van der Waals surface area contributed by atoms with Gasteiger partial charge < -0.3 is 50.7 Å². The lowest BCUT2D eigenvalue weighted by Gasteiger charge is -2.10. The van der Waals surface area contributed by atoms with Gasteiger partial charge in [0.25, 0.3) is 50.1 Å². The quantitative estimate of drug-likeness (QED) is 0.0310. The molecule has 10 aromatic heterocycles. The lowest BCUT2D eigenvalue weighted by molar-refractivity contribution is 0.0982. The van der Waals surface area contributed by atoms with Crippen molar-refractivity contribution in [2.45, 2.75) is 127 Å². The summed E-state index contributed by atoms with van der Waals surface area (Å²) < 4.78 is 194. The fourth-order valence-corrected chi connectivity index (χ4v) is 22.6. The molecule has 0 N–H and O–H groups in total. The Morgan fingerprint density at radius 3 is 0.918 bits per heavy atom. The van der Waals surface area contributed by atoms with Crippen LogP contribution >= 0.6 is 58.0 Å². The predicted octanol–water partition coefficient (Wildman–Crippen LogP) is 26.6. The number of likely N-dealkylation sites (N-methyl/N-ethyl adjacent to an activating group) is 1. The van der Waals surface area contributed by atoms with Crippen molar-refractivity contribution in [3.8, 4) is 110 Å². The fraction of sp³-hybridized carbons (Fsp3) is 0.227. The summed E-state index contributed by atoms with van der Waals surface area (Å²) in [5, 5.41) is 1.20. The van der Waals surface area contributed by atoms with Crippen LogP contribution in [0.3, 0.4) is 0 Å². The van der Waals surface area contributed by atoms with E-state index in [9.17, 15) is 46.9 Å². The van der Waals surface area contributed by atoms with E-state index in [0.717, 1.165) is 77.4 Å². The van der Waals surface area contributed by atoms with Gasteiger partial charge in [-0.1, -0.05) is 216 Å². The molecule has 16 aromatic rings. The van der Waals surface area contributed by atoms with Gasteiger partial charge in [0.05, 0.1) is 84.6 Å². The van der Waals surface area contributed by atoms with Crippen LogP contribution in [0.4, 0.5) is 0 Å². The number of methoxy groups -OCH3 is 4. The molecule has 6 aromatic carbocycles. The summed E-state index contributed by atoms with van der Waals surface area (Å²) in [6.07, 6.45) is 12.7. The summed E-state index contributed by atoms with van der Waals surface area (Å²) in [5.41, 5.74) is 8.50. The van der Waals surface area contributed by atoms with E-state index in [1.54, 1.807) is 161 Å². The van der Waals surface area contributed by atoms with Gasteiger partial charge in [0.1, 0.15) is 28.5 Å². The molecule has 27 nitrogen and oxygen atoms in total. The summed E-state index contributed by atoms with van der Waals surface area (Å²) in [6, 6.07) is 58.0. The number of rotatable bonds is 29. The van der Waals surface area contributed by atoms with Gasteiger partial charge in [-0.15, -0.1) is 0 Å². The lowest BCUT2D eigenvalue weighted by Crippen LogP contribution is -2.13. The van der Waals surface area contributed by atoms with Gasteiger partial charge in [-0.2, -0.15) is 0 Å². The Hall–Kier alpha value is -13.5. The molecule has 770 valence electrons. The minimum atomic E-state index is -3.90. The Bertz CT molecular complexity index is 8050. The van der Waals surface area contributed by atoms with E-state index in [-0.39, 0.29) is 118 Å². The normalized spacial score (nSPS) is 11.8. The molecule has 16 rings (SSSR count). The number of furan rings is 5. The van der Waals surface area contributed by atoms with E-state index in [2.05, 4.69) is 57.5 Å². The van der Waals surface area contributed by atoms with Crippen LogP contribution in [0.25, 0.3) is 68.4 Å². The number of benzene rings is 6. The SMILES string of the molecule is CCOc1cc(-c2c(Cl)ccn2S(=O)(=O)c2ccc(C)cc2)oc1C(C)=O.COc1cc(-c2c(Cl)ccn2S(=O)(=O)c2ccc(C)cc2)oc1/C(C)=C/CC(C)C.COc1cc(-c2c(Cl)ccn2S(=O)(=O)c2ccc(C)cc2)oc1/C(C)=C/CN(C)C.COc1cc(-c2c(Cl)ccn2S(=O)(=O)c2ccc(C)cc2)oc1C#CCC(C)C.COc1cc(-c2c(Cl)ccn2S(=O)(=O)c2ccc(C)cc2)oc1C#Cc1ccccc1. The largest absolute Gasteiger partial charge is 0.493 e. The van der Waals surface area contributed by atoms with Crippen molar-refractivity contribution in [1.82, 2.24) is 24.8 Å². The van der Waals surface area contributed by atoms with Crippen molar-refractivity contribution in [1.29, 1.82) is 0 Å². The monoisotopic (exact) mass is 2180 g/mol. The number of ether oxygens (including phenoxy) is 5. The zero-order valence-electron chi connectivity index (χ0n) is 83.9. The molecule has 0 radical (unpaired) electrons. The first-order chi connectivity index (χ1) is 69.7. The van der Waals surface area contributed by atoms with E-state index in [1.807, 2.05) is 104 Å². The number of allylic oxidation sites excluding steroid dienone is 3. The number of aromatic nitrogens is 5. The van der Waals surface area contributed by atoms with E-state index in [0.29, 0.717) is 76.7 Å². The summed E-state index contributed by atoms with van der Waals surface area (Å²) in [5.74, 6) is 17.6. The minimum Gasteiger partial charge on any atom is -0.493 e. The van der Waals surface area contributed by atoms with Crippen molar-refractivity contribution >= 4 is 125 Å². The first-order valence-electron chi connectivity index (χ1n) is 45.7. The second-order valence-corrected chi connectivity index (χ2v) is 45.7. The third kappa shape index (κ3) is 26.2. The van der Waals surface area contributed by atoms with Gasteiger partial charge in [0, 0.05) is 86.8 Å². The number of Topliss-reactive ketones (excluding diaryl/α,β-unsaturated/α-hetero) is 1. The van der Waals surface area contributed by atoms with Gasteiger partial charge in [0.15, 0.2) is 74.9 Å². The first-order valence-corrected chi connectivity index (χ1v) is 54.8. The van der Waals surface area contributed by atoms with Crippen molar-refractivity contribution in [2.24, 2.45) is 11.8 Å². The standard InChI is InChI=1S/C24H18ClNO4S.C23H26ClNO4S.C22H25ClN2O4S.C22H22ClNO4S.C19H18ClNO5S/c1-17-8-11-19(12-9-17)31(27,28)26-15-14-20(25)24(26)23-16-22(29-2)21(30-23)13-10-18-6-4-3-5-7-18;1-15(2)6-9-17(4)23-21(28-5)14-20(29-23)22-19(24)12-13-25(22)30(26,27)18-10-7-16(3)8-11-18;1-15-6-8-17(9-7-15)30(26,27)25-13-11-18(23)21(25)19-14-20(28-5)22(29-19)16(2)10-12-24(3)4;1-15(2)6-5-7-19-20(27-4)14-21(28-19)22-18(23)12-13-24(22)29(25,26)17-10-8-16(3)9-11-17;1-4-25-17-11-16(26-19(17)13(3)22)18-15(20)9-10-21(18)27(23,24)14-7-5-12(2)6-8-14/h3-9,11-12,14-16H,1-2H3;7-15H,6H2,1-5H3;6-11,13-14H,12H2,1-5H3;8-15H,6H2,1-4H3;5-11H,4H2,1-3H3/b;17-9+;16-10+;;. The topological polar surface area (TPSA) is 328 Å². The molecule has 147 heavy (non-hydrogen) atoms. The van der Waals surface area contributed by atoms with E-state index >= 15 is 0 Å². The highest BCUT2D eigenvalue weighted by Gasteiger charge is 2.34. The summed E-state index contributed by atoms with van der Waals surface area (Å²) in [7, 11) is -9.32. The van der Waals surface area contributed by atoms with Crippen LogP contribution < -0.4 is 23.7 Å². The Kier molecular flexibility index (Phi) is 37.0. The van der Waals surface area contributed by atoms with Crippen molar-refractivity contribution < 1.29 is 92.7 Å². The van der Waals surface area contributed by atoms with Crippen LogP contribution in [-0.2, 0) is 50.1 Å². The molecule has 0 bridgehead atoms. The molecule has 10 heterocycles. The summed E-state index contributed by atoms with van der Waals surface area (Å²) in [6.45, 7) is 25.9. The molecule has 0 spiro atoms. The molecule has 0 aliphatic carbocycles. The van der Waals surface area contributed by atoms with E-state index in [1.165, 1.54) is 94.6 Å². The Morgan fingerprint density at radius 1 is 0.361 bits per heavy atom. The van der Waals surface area contributed by atoms with Gasteiger partial charge >= 0.3 is 0 Å². The third-order valence-electron chi connectivity index (χ3n) is 22.2. The number of carbonyl (C=O) groups is 1. The number of carbonyl (C=O) groups excluding carboxylic acids is 1. The zero-order valence-corrected chi connectivity index (χ0v) is 91.8. The number of hydrogen-bond acceptors (Lipinski definition) is 22. The van der Waals surface area contributed by atoms with Crippen LogP contribution in [0.15, 0.2) is 302 Å². The fourth-order valence-electron chi connectivity index (χ4n) is 14.4. The summed E-state index contributed by atoms with van der Waals surface area (Å²) >= 11 is 31.7. The maximum Gasteiger partial charge on any atom is 0.268 e. The second kappa shape index (κ2) is 48.5. The lowest BCUT2D eigenvalue weighted by atomic mass is 10.1. The number of nitrogens with zero attached hydrogens (tertiary/aromatic N) is 6. The Balaban J connectivity index is 0.000000163. The van der Waals surface area contributed by atoms with Gasteiger partial charge in [-0.3, -0.25) is 4.79 Å². The van der Waals surface area contributed by atoms with Gasteiger partial charge in [0.2, 0.25) is 17.3 Å². The van der Waals surface area contributed by atoms with E-state index < -0.39 is 50.1 Å². The van der Waals surface area contributed by atoms with Crippen LogP contribution in [-0.4, -0.2) is 128 Å². The highest BCUT2D eigenvalue weighted by Crippen LogP contribution is 2.46. The van der Waals surface area contributed by atoms with Gasteiger partial charge in [-0.25, -0.2) is 62.0 Å². The molecule has 0 amide bonds. The zero-order chi connectivity index (χ0) is 107. The predicted molar refractivity (Wildman–Crippen MR) is 576 cm³/mol. The summed E-state index contributed by atoms with van der Waals surface area (Å²) in [4.78, 5) is 14.6. The Morgan fingerprint density at radius 2 is 0.639 bits per heavy atom. The van der Waals surface area contributed by atoms with E-state index in [4.69, 9.17) is 104 Å². The second-order valence-electron chi connectivity index (χ2n) is 34.6. The molecule has 0 saturated carbocycles. The van der Waals surface area contributed by atoms with Crippen molar-refractivity contribution in [3.05, 3.63) is 343 Å². The highest BCUT2D eigenvalue weighted by atomic mass is 35.5. The number of hydrogen-bond donors (Lipinski definition) is 0. The molecule has 0 fully saturated rings. The molecule has 37 heteroatoms. The average Bonchev–Trinajstić information content (AvgIpc) is 1.63. The smallest absolute Gasteiger partial charge is 0.268 e. The highest BCUT2D eigenvalue weighted by molar-refractivity contribution is 7.91. The maximum absolute atomic E-state index is 13.2. The van der Waals surface area contributed by atoms with Crippen molar-refractivity contribution in [3.63, 3.8) is 0 Å². The molecule has 0 saturated heterocycles. The Labute approximate surface area is 882 Å². The van der Waals surface area contributed by atoms with Crippen LogP contribution in [0, 0.1) is 70.1 Å². The average molecular weight is 2190 g/mol. The maximum atomic E-state index is 13.2. The number of aryl methyl sites for hydroxylation is 5. The van der Waals surface area contributed by atoms with Crippen LogP contribution in [0.2, 0.25) is 25.1 Å². The number of ketones is 1.